The third kappa shape index (κ3) is 5.77. The Morgan fingerprint density at radius 3 is 2.08 bits per heavy atom. The van der Waals surface area contributed by atoms with E-state index in [4.69, 9.17) is 30.3 Å². The van der Waals surface area contributed by atoms with Gasteiger partial charge in [-0.1, -0.05) is 31.6 Å². The largest absolute Gasteiger partial charge is 0.677 e. The molecule has 0 bridgehead atoms. The summed E-state index contributed by atoms with van der Waals surface area (Å²) in [6.07, 6.45) is 4.62. The van der Waals surface area contributed by atoms with Crippen molar-refractivity contribution in [2.45, 2.75) is 31.7 Å². The van der Waals surface area contributed by atoms with Crippen LogP contribution in [-0.4, -0.2) is 12.6 Å². The number of halogens is 2. The second-order valence-corrected chi connectivity index (χ2v) is 6.18. The summed E-state index contributed by atoms with van der Waals surface area (Å²) in [7, 11) is 9.75. The van der Waals surface area contributed by atoms with E-state index in [1.807, 2.05) is 0 Å². The number of nitrogens with one attached hydrogen (secondary N) is 2. The smallest absolute Gasteiger partial charge is 0.0532 e. The van der Waals surface area contributed by atoms with Crippen LogP contribution in [0.25, 0.3) is 11.5 Å². The first kappa shape index (κ1) is 13.2. The van der Waals surface area contributed by atoms with Gasteiger partial charge in [0.25, 0.3) is 0 Å². The van der Waals surface area contributed by atoms with E-state index >= 15 is 0 Å². The molecule has 0 saturated heterocycles. The summed E-state index contributed by atoms with van der Waals surface area (Å²) in [6.45, 7) is 0.466. The normalized spacial score (nSPS) is 29.3. The molecule has 2 N–H and O–H groups in total. The minimum atomic E-state index is -0.472. The Hall–Kier alpha value is 1.19. The molecule has 0 aromatic rings. The van der Waals surface area contributed by atoms with Crippen molar-refractivity contribution in [2.24, 2.45) is 5.92 Å². The van der Waals surface area contributed by atoms with E-state index in [0.29, 0.717) is 12.5 Å². The van der Waals surface area contributed by atoms with Gasteiger partial charge in [0.2, 0.25) is 0 Å². The molecule has 0 amide bonds. The van der Waals surface area contributed by atoms with E-state index < -0.39 is 16.5 Å². The van der Waals surface area contributed by atoms with Gasteiger partial charge in [-0.05, 0) is 0 Å². The van der Waals surface area contributed by atoms with Gasteiger partial charge in [0.1, 0.15) is 0 Å². The van der Waals surface area contributed by atoms with Crippen molar-refractivity contribution in [2.75, 3.05) is 6.54 Å². The molecule has 5 heteroatoms. The Morgan fingerprint density at radius 2 is 1.75 bits per heavy atom. The minimum Gasteiger partial charge on any atom is -0.677 e. The molecular weight excluding hydrogens is 378 g/mol. The van der Waals surface area contributed by atoms with Crippen LogP contribution in [0.2, 0.25) is 0 Å². The SMILES string of the molecule is [Cl][Pt+2][Cl].[NH-]CC1CCCCC1[NH-]. The van der Waals surface area contributed by atoms with Crippen LogP contribution < -0.4 is 0 Å². The maximum absolute atomic E-state index is 7.51. The molecule has 0 heterocycles. The first-order valence-electron chi connectivity index (χ1n) is 3.94. The molecule has 2 nitrogen and oxygen atoms in total. The van der Waals surface area contributed by atoms with Crippen molar-refractivity contribution in [3.8, 4) is 0 Å². The van der Waals surface area contributed by atoms with Gasteiger partial charge in [0.15, 0.2) is 0 Å². The maximum atomic E-state index is 7.51. The number of rotatable bonds is 1. The monoisotopic (exact) mass is 391 g/mol. The van der Waals surface area contributed by atoms with Gasteiger partial charge in [-0.15, -0.1) is 12.6 Å². The van der Waals surface area contributed by atoms with Crippen LogP contribution in [-0.2, 0) is 16.5 Å². The molecular formula is C7H14Cl2N2Pt. The van der Waals surface area contributed by atoms with Crippen LogP contribution >= 0.6 is 18.8 Å². The van der Waals surface area contributed by atoms with Crippen LogP contribution in [0.15, 0.2) is 0 Å². The Labute approximate surface area is 90.7 Å². The van der Waals surface area contributed by atoms with Crippen LogP contribution in [0.5, 0.6) is 0 Å². The minimum absolute atomic E-state index is 0.0799. The predicted molar refractivity (Wildman–Crippen MR) is 51.0 cm³/mol. The van der Waals surface area contributed by atoms with E-state index in [9.17, 15) is 0 Å². The van der Waals surface area contributed by atoms with E-state index in [1.54, 1.807) is 0 Å². The van der Waals surface area contributed by atoms with Crippen LogP contribution in [0, 0.1) is 5.92 Å². The van der Waals surface area contributed by atoms with Gasteiger partial charge in [-0.25, -0.2) is 0 Å². The van der Waals surface area contributed by atoms with Gasteiger partial charge in [-0.3, -0.25) is 0 Å². The number of hydrogen-bond donors (Lipinski definition) is 0. The summed E-state index contributed by atoms with van der Waals surface area (Å²) >= 11 is -0.472. The summed E-state index contributed by atoms with van der Waals surface area (Å²) in [5.41, 5.74) is 14.6. The molecule has 2 unspecified atom stereocenters. The molecule has 1 aliphatic rings. The van der Waals surface area contributed by atoms with Crippen LogP contribution in [0.4, 0.5) is 0 Å². The van der Waals surface area contributed by atoms with Gasteiger partial charge in [-0.2, -0.15) is 0 Å². The first-order valence-corrected chi connectivity index (χ1v) is 9.57. The summed E-state index contributed by atoms with van der Waals surface area (Å²) in [6, 6.07) is 0.0799. The third-order valence-corrected chi connectivity index (χ3v) is 2.17. The zero-order valence-corrected chi connectivity index (χ0v) is 10.5. The summed E-state index contributed by atoms with van der Waals surface area (Å²) in [5, 5.41) is 0. The molecule has 0 radical (unpaired) electrons. The number of hydrogen-bond acceptors (Lipinski definition) is 0. The fourth-order valence-corrected chi connectivity index (χ4v) is 1.45. The summed E-state index contributed by atoms with van der Waals surface area (Å²) in [4.78, 5) is 0. The van der Waals surface area contributed by atoms with E-state index in [-0.39, 0.29) is 6.04 Å². The van der Waals surface area contributed by atoms with Crippen molar-refractivity contribution in [3.63, 3.8) is 0 Å². The van der Waals surface area contributed by atoms with E-state index in [2.05, 4.69) is 0 Å². The van der Waals surface area contributed by atoms with Gasteiger partial charge in [0.05, 0.1) is 0 Å². The van der Waals surface area contributed by atoms with Gasteiger partial charge < -0.3 is 11.5 Å². The Bertz CT molecular complexity index is 105. The van der Waals surface area contributed by atoms with Crippen LogP contribution in [0.3, 0.4) is 0 Å². The Morgan fingerprint density at radius 1 is 1.25 bits per heavy atom. The topological polar surface area (TPSA) is 47.6 Å². The molecule has 76 valence electrons. The van der Waals surface area contributed by atoms with Crippen molar-refractivity contribution < 1.29 is 16.5 Å². The molecule has 1 fully saturated rings. The fourth-order valence-electron chi connectivity index (χ4n) is 1.45. The second-order valence-electron chi connectivity index (χ2n) is 2.90. The fraction of sp³-hybridized carbons (Fsp3) is 1.00. The van der Waals surface area contributed by atoms with E-state index in [0.717, 1.165) is 12.8 Å². The van der Waals surface area contributed by atoms with Crippen molar-refractivity contribution in [3.05, 3.63) is 11.5 Å². The Balaban J connectivity index is 0.000000354. The van der Waals surface area contributed by atoms with Crippen molar-refractivity contribution >= 4 is 18.8 Å². The van der Waals surface area contributed by atoms with Crippen molar-refractivity contribution in [1.29, 1.82) is 0 Å². The first-order chi connectivity index (χ1) is 5.76. The van der Waals surface area contributed by atoms with Gasteiger partial charge >= 0.3 is 35.3 Å². The molecule has 0 aromatic carbocycles. The zero-order chi connectivity index (χ0) is 9.40. The van der Waals surface area contributed by atoms with Gasteiger partial charge in [0, 0.05) is 0 Å². The van der Waals surface area contributed by atoms with E-state index in [1.165, 1.54) is 12.8 Å². The summed E-state index contributed by atoms with van der Waals surface area (Å²) in [5.74, 6) is 0.388. The molecule has 1 aliphatic carbocycles. The van der Waals surface area contributed by atoms with Crippen molar-refractivity contribution in [1.82, 2.24) is 0 Å². The predicted octanol–water partition coefficient (Wildman–Crippen LogP) is 4.03. The third-order valence-electron chi connectivity index (χ3n) is 2.17. The Kier molecular flexibility index (Phi) is 9.64. The average molecular weight is 392 g/mol. The molecule has 0 aromatic heterocycles. The average Bonchev–Trinajstić information content (AvgIpc) is 2.07. The quantitative estimate of drug-likeness (QED) is 0.647. The molecule has 1 rings (SSSR count). The maximum Gasteiger partial charge on any atom is -0.0532 e. The molecule has 1 saturated carbocycles. The van der Waals surface area contributed by atoms with Crippen LogP contribution in [0.1, 0.15) is 25.7 Å². The molecule has 2 atom stereocenters. The summed E-state index contributed by atoms with van der Waals surface area (Å²) < 4.78 is 0. The molecule has 12 heavy (non-hydrogen) atoms. The molecule has 0 spiro atoms. The standard InChI is InChI=1S/C7H14N2.2ClH.Pt/c8-5-6-3-1-2-4-7(6)9;;;/h6-9H,1-5H2;2*1H;/q-2;;;+4/p-2. The second kappa shape index (κ2) is 8.77. The molecule has 0 aliphatic heterocycles. The zero-order valence-electron chi connectivity index (χ0n) is 6.76.